The van der Waals surface area contributed by atoms with Gasteiger partial charge in [-0.2, -0.15) is 0 Å². The molecule has 14 heteroatoms. The molecule has 2 fully saturated rings. The van der Waals surface area contributed by atoms with E-state index in [1.54, 1.807) is 33.1 Å². The van der Waals surface area contributed by atoms with Crippen LogP contribution < -0.4 is 16.0 Å². The predicted molar refractivity (Wildman–Crippen MR) is 224 cm³/mol. The first-order chi connectivity index (χ1) is 27.5. The molecule has 0 spiro atoms. The monoisotopic (exact) mass is 815 g/mol. The molecular weight excluding hydrogens is 741 g/mol. The summed E-state index contributed by atoms with van der Waals surface area (Å²) in [6, 6.07) is 6.36. The van der Waals surface area contributed by atoms with Gasteiger partial charge in [0.25, 0.3) is 5.91 Å². The number of hydroxylamine groups is 2. The summed E-state index contributed by atoms with van der Waals surface area (Å²) >= 11 is 0. The van der Waals surface area contributed by atoms with Crippen LogP contribution in [-0.2, 0) is 44.7 Å². The van der Waals surface area contributed by atoms with Gasteiger partial charge in [-0.25, -0.2) is 5.06 Å². The van der Waals surface area contributed by atoms with Crippen LogP contribution in [0, 0.1) is 23.7 Å². The van der Waals surface area contributed by atoms with Gasteiger partial charge in [-0.05, 0) is 63.1 Å². The van der Waals surface area contributed by atoms with Crippen LogP contribution in [0.4, 0.5) is 0 Å². The summed E-state index contributed by atoms with van der Waals surface area (Å²) in [5.41, 5.74) is 0.916. The predicted octanol–water partition coefficient (Wildman–Crippen LogP) is 3.61. The van der Waals surface area contributed by atoms with Crippen molar-refractivity contribution in [3.8, 4) is 0 Å². The number of carbonyl (C=O) groups is 5. The van der Waals surface area contributed by atoms with E-state index in [1.165, 1.54) is 5.06 Å². The van der Waals surface area contributed by atoms with Gasteiger partial charge in [0.1, 0.15) is 12.1 Å². The Morgan fingerprint density at radius 3 is 2.10 bits per heavy atom. The smallest absolute Gasteiger partial charge is 0.269 e. The third kappa shape index (κ3) is 13.0. The first-order valence-electron chi connectivity index (χ1n) is 21.3. The van der Waals surface area contributed by atoms with Gasteiger partial charge < -0.3 is 30.3 Å². The van der Waals surface area contributed by atoms with Gasteiger partial charge in [-0.3, -0.25) is 33.7 Å². The number of nitrogens with one attached hydrogen (secondary N) is 3. The van der Waals surface area contributed by atoms with Crippen molar-refractivity contribution in [1.82, 2.24) is 30.8 Å². The van der Waals surface area contributed by atoms with Gasteiger partial charge in [0.2, 0.25) is 17.7 Å². The molecule has 1 unspecified atom stereocenters. The molecule has 2 saturated heterocycles. The summed E-state index contributed by atoms with van der Waals surface area (Å²) in [7, 11) is 8.57. The number of ether oxygens (including phenoxy) is 2. The lowest BCUT2D eigenvalue weighted by Crippen LogP contribution is -2.59. The van der Waals surface area contributed by atoms with Crippen LogP contribution in [0.25, 0.3) is 0 Å². The molecule has 0 saturated carbocycles. The maximum Gasteiger partial charge on any atom is 0.269 e. The molecule has 4 amide bonds. The fourth-order valence-corrected chi connectivity index (χ4v) is 8.62. The number of likely N-dealkylation sites (N-methyl/N-ethyl adjacent to an activating group) is 2. The van der Waals surface area contributed by atoms with Crippen LogP contribution in [0.2, 0.25) is 0 Å². The average molecular weight is 815 g/mol. The average Bonchev–Trinajstić information content (AvgIpc) is 3.69. The van der Waals surface area contributed by atoms with Crippen molar-refractivity contribution < 1.29 is 38.3 Å². The van der Waals surface area contributed by atoms with E-state index in [0.29, 0.717) is 32.4 Å². The van der Waals surface area contributed by atoms with Crippen LogP contribution >= 0.6 is 0 Å². The molecule has 0 bridgehead atoms. The number of Topliss-reactive ketones (excluding diaryl/α,β-unsaturated/α-hetero) is 1. The van der Waals surface area contributed by atoms with Crippen molar-refractivity contribution in [2.45, 2.75) is 142 Å². The van der Waals surface area contributed by atoms with Crippen molar-refractivity contribution in [3.63, 3.8) is 0 Å². The van der Waals surface area contributed by atoms with Gasteiger partial charge in [0, 0.05) is 46.7 Å². The standard InChI is InChI=1S/C44H74N6O8/c1-13-29(6)39(49(10)44(55)37(27(2)3)47-42(53)38(28(4)5)48(8)9)36(56-11)26-35(51)32-21-22-33(45-32)40(57-12)30(7)41(52)46-34(25-31-19-15-14-16-20-31)43(54)50-23-17-18-24-58-50/h14-16,19-20,27-30,32-34,36-40,45H,13,17-18,21-26H2,1-12H3,(H,46,52)(H,47,53)/t29-,30+,32?,33-,34-,36+,37-,38-,39-,40+/m0/s1. The molecule has 14 nitrogen and oxygen atoms in total. The topological polar surface area (TPSA) is 159 Å². The minimum absolute atomic E-state index is 0.0130. The lowest BCUT2D eigenvalue weighted by atomic mass is 9.88. The molecule has 2 aliphatic rings. The molecule has 0 aliphatic carbocycles. The van der Waals surface area contributed by atoms with Gasteiger partial charge in [0.05, 0.1) is 42.9 Å². The summed E-state index contributed by atoms with van der Waals surface area (Å²) in [5, 5.41) is 10.9. The fraction of sp³-hybridized carbons (Fsp3) is 0.750. The number of amides is 4. The molecule has 3 rings (SSSR count). The van der Waals surface area contributed by atoms with Crippen LogP contribution in [0.5, 0.6) is 0 Å². The van der Waals surface area contributed by atoms with E-state index in [2.05, 4.69) is 16.0 Å². The Hall–Kier alpha value is -3.43. The van der Waals surface area contributed by atoms with Crippen LogP contribution in [0.1, 0.15) is 92.6 Å². The second-order valence-corrected chi connectivity index (χ2v) is 17.3. The zero-order valence-corrected chi connectivity index (χ0v) is 37.3. The maximum atomic E-state index is 14.2. The fourth-order valence-electron chi connectivity index (χ4n) is 8.62. The zero-order chi connectivity index (χ0) is 43.3. The van der Waals surface area contributed by atoms with Crippen molar-refractivity contribution in [2.24, 2.45) is 23.7 Å². The lowest BCUT2D eigenvalue weighted by Gasteiger charge is -2.40. The Morgan fingerprint density at radius 2 is 1.57 bits per heavy atom. The van der Waals surface area contributed by atoms with Gasteiger partial charge in [-0.1, -0.05) is 85.2 Å². The largest absolute Gasteiger partial charge is 0.379 e. The molecule has 58 heavy (non-hydrogen) atoms. The van der Waals surface area contributed by atoms with Crippen LogP contribution in [-0.4, -0.2) is 141 Å². The minimum atomic E-state index is -0.824. The zero-order valence-electron chi connectivity index (χ0n) is 37.3. The highest BCUT2D eigenvalue weighted by atomic mass is 16.7. The Bertz CT molecular complexity index is 1460. The highest BCUT2D eigenvalue weighted by Gasteiger charge is 2.43. The van der Waals surface area contributed by atoms with Gasteiger partial charge in [-0.15, -0.1) is 0 Å². The van der Waals surface area contributed by atoms with E-state index < -0.39 is 48.3 Å². The molecule has 2 aliphatic heterocycles. The SMILES string of the molecule is CC[C@H](C)[C@@H]([C@@H](CC(=O)C1CC[C@@H]([C@H](OC)[C@@H](C)C(=O)N[C@@H](Cc2ccccc2)C(=O)N2CCCCO2)N1)OC)N(C)C(=O)[C@@H](NC(=O)[C@H](C(C)C)N(C)C)C(C)C. The Balaban J connectivity index is 1.72. The third-order valence-corrected chi connectivity index (χ3v) is 12.1. The highest BCUT2D eigenvalue weighted by molar-refractivity contribution is 5.91. The maximum absolute atomic E-state index is 14.2. The van der Waals surface area contributed by atoms with E-state index in [4.69, 9.17) is 14.3 Å². The van der Waals surface area contributed by atoms with Crippen LogP contribution in [0.15, 0.2) is 30.3 Å². The minimum Gasteiger partial charge on any atom is -0.379 e. The summed E-state index contributed by atoms with van der Waals surface area (Å²) in [6.45, 7) is 14.6. The summed E-state index contributed by atoms with van der Waals surface area (Å²) in [5.74, 6) is -1.87. The van der Waals surface area contributed by atoms with E-state index in [-0.39, 0.29) is 59.6 Å². The summed E-state index contributed by atoms with van der Waals surface area (Å²) in [6.07, 6.45) is 2.81. The van der Waals surface area contributed by atoms with Crippen molar-refractivity contribution in [2.75, 3.05) is 48.5 Å². The molecule has 328 valence electrons. The van der Waals surface area contributed by atoms with E-state index >= 15 is 0 Å². The number of hydrogen-bond donors (Lipinski definition) is 3. The lowest BCUT2D eigenvalue weighted by molar-refractivity contribution is -0.199. The van der Waals surface area contributed by atoms with Crippen molar-refractivity contribution >= 4 is 29.4 Å². The normalized spacial score (nSPS) is 21.5. The number of rotatable bonds is 22. The Morgan fingerprint density at radius 1 is 0.897 bits per heavy atom. The first kappa shape index (κ1) is 48.9. The van der Waals surface area contributed by atoms with Crippen molar-refractivity contribution in [1.29, 1.82) is 0 Å². The van der Waals surface area contributed by atoms with Gasteiger partial charge in [0.15, 0.2) is 5.78 Å². The molecule has 0 radical (unpaired) electrons. The van der Waals surface area contributed by atoms with Crippen LogP contribution in [0.3, 0.4) is 0 Å². The second kappa shape index (κ2) is 23.4. The number of carbonyl (C=O) groups excluding carboxylic acids is 5. The van der Waals surface area contributed by atoms with E-state index in [9.17, 15) is 24.0 Å². The second-order valence-electron chi connectivity index (χ2n) is 17.3. The van der Waals surface area contributed by atoms with Crippen molar-refractivity contribution in [3.05, 3.63) is 35.9 Å². The third-order valence-electron chi connectivity index (χ3n) is 12.1. The molecule has 0 aromatic heterocycles. The highest BCUT2D eigenvalue weighted by Crippen LogP contribution is 2.27. The number of ketones is 1. The van der Waals surface area contributed by atoms with E-state index in [0.717, 1.165) is 24.8 Å². The molecular formula is C44H74N6O8. The number of benzene rings is 1. The Labute approximate surface area is 347 Å². The molecule has 1 aromatic carbocycles. The number of nitrogens with zero attached hydrogens (tertiary/aromatic N) is 3. The first-order valence-corrected chi connectivity index (χ1v) is 21.3. The van der Waals surface area contributed by atoms with E-state index in [1.807, 2.05) is 90.9 Å². The van der Waals surface area contributed by atoms with Gasteiger partial charge >= 0.3 is 0 Å². The molecule has 10 atom stereocenters. The summed E-state index contributed by atoms with van der Waals surface area (Å²) < 4.78 is 11.9. The quantitative estimate of drug-likeness (QED) is 0.158. The number of methoxy groups -OCH3 is 2. The molecule has 2 heterocycles. The molecule has 1 aromatic rings. The molecule has 3 N–H and O–H groups in total. The number of hydrogen-bond acceptors (Lipinski definition) is 10. The Kier molecular flexibility index (Phi) is 19.7. The summed E-state index contributed by atoms with van der Waals surface area (Å²) in [4.78, 5) is 78.3.